The highest BCUT2D eigenvalue weighted by Crippen LogP contribution is 2.35. The molecule has 2 aromatic rings. The van der Waals surface area contributed by atoms with E-state index in [1.165, 1.54) is 0 Å². The Kier molecular flexibility index (Phi) is 5.11. The highest BCUT2D eigenvalue weighted by molar-refractivity contribution is 9.10. The molecule has 0 radical (unpaired) electrons. The van der Waals surface area contributed by atoms with Crippen LogP contribution in [-0.2, 0) is 13.2 Å². The molecule has 0 amide bonds. The topological polar surface area (TPSA) is 32.3 Å². The quantitative estimate of drug-likeness (QED) is 0.763. The average Bonchev–Trinajstić information content (AvgIpc) is 2.45. The normalized spacial score (nSPS) is 10.5. The number of halogens is 3. The van der Waals surface area contributed by atoms with Crippen LogP contribution >= 0.6 is 39.1 Å². The zero-order valence-corrected chi connectivity index (χ0v) is 13.1. The lowest BCUT2D eigenvalue weighted by molar-refractivity contribution is 0.282. The first kappa shape index (κ1) is 14.7. The number of nitrogens with one attached hydrogen (secondary N) is 1. The minimum atomic E-state index is 0.0574. The summed E-state index contributed by atoms with van der Waals surface area (Å²) < 4.78 is 0.775. The Bertz CT molecular complexity index is 572. The summed E-state index contributed by atoms with van der Waals surface area (Å²) >= 11 is 15.5. The Morgan fingerprint density at radius 2 is 1.58 bits per heavy atom. The fourth-order valence-electron chi connectivity index (χ4n) is 1.62. The molecule has 0 aliphatic carbocycles. The molecule has 0 fully saturated rings. The third kappa shape index (κ3) is 3.63. The molecule has 0 aliphatic rings. The minimum Gasteiger partial charge on any atom is -0.392 e. The van der Waals surface area contributed by atoms with Gasteiger partial charge in [-0.15, -0.1) is 0 Å². The molecule has 2 N–H and O–H groups in total. The molecule has 0 heterocycles. The van der Waals surface area contributed by atoms with Gasteiger partial charge in [-0.3, -0.25) is 0 Å². The van der Waals surface area contributed by atoms with E-state index in [1.807, 2.05) is 36.4 Å². The maximum absolute atomic E-state index is 8.98. The molecule has 0 unspecified atom stereocenters. The number of benzene rings is 2. The van der Waals surface area contributed by atoms with Crippen LogP contribution in [0.3, 0.4) is 0 Å². The van der Waals surface area contributed by atoms with E-state index in [2.05, 4.69) is 21.2 Å². The molecule has 19 heavy (non-hydrogen) atoms. The summed E-state index contributed by atoms with van der Waals surface area (Å²) in [5, 5.41) is 13.2. The van der Waals surface area contributed by atoms with Crippen LogP contribution in [0.5, 0.6) is 0 Å². The number of hydrogen-bond donors (Lipinski definition) is 2. The van der Waals surface area contributed by atoms with Crippen molar-refractivity contribution in [1.82, 2.24) is 0 Å². The van der Waals surface area contributed by atoms with Crippen LogP contribution in [0.1, 0.15) is 11.1 Å². The number of aliphatic hydroxyl groups is 1. The minimum absolute atomic E-state index is 0.0574. The molecule has 2 nitrogen and oxygen atoms in total. The standard InChI is InChI=1S/C14H12BrCl2NO/c15-11-5-6-12(14(17)13(11)16)18-7-9-1-3-10(8-19)4-2-9/h1-6,18-19H,7-8H2. The third-order valence-electron chi connectivity index (χ3n) is 2.72. The highest BCUT2D eigenvalue weighted by Gasteiger charge is 2.07. The van der Waals surface area contributed by atoms with Gasteiger partial charge in [0.05, 0.1) is 22.3 Å². The molecule has 5 heteroatoms. The van der Waals surface area contributed by atoms with Gasteiger partial charge in [-0.2, -0.15) is 0 Å². The van der Waals surface area contributed by atoms with Gasteiger partial charge in [0.25, 0.3) is 0 Å². The maximum Gasteiger partial charge on any atom is 0.0835 e. The smallest absolute Gasteiger partial charge is 0.0835 e. The predicted molar refractivity (Wildman–Crippen MR) is 83.9 cm³/mol. The van der Waals surface area contributed by atoms with Crippen molar-refractivity contribution in [2.45, 2.75) is 13.2 Å². The van der Waals surface area contributed by atoms with Gasteiger partial charge in [-0.1, -0.05) is 47.5 Å². The largest absolute Gasteiger partial charge is 0.392 e. The third-order valence-corrected chi connectivity index (χ3v) is 4.49. The van der Waals surface area contributed by atoms with Crippen molar-refractivity contribution >= 4 is 44.8 Å². The predicted octanol–water partition coefficient (Wildman–Crippen LogP) is 4.86. The fraction of sp³-hybridized carbons (Fsp3) is 0.143. The van der Waals surface area contributed by atoms with Crippen LogP contribution in [0.2, 0.25) is 10.0 Å². The molecular formula is C14H12BrCl2NO. The Labute approximate surface area is 130 Å². The molecular weight excluding hydrogens is 349 g/mol. The zero-order chi connectivity index (χ0) is 13.8. The van der Waals surface area contributed by atoms with Crippen LogP contribution < -0.4 is 5.32 Å². The lowest BCUT2D eigenvalue weighted by atomic mass is 10.1. The molecule has 100 valence electrons. The number of anilines is 1. The number of hydrogen-bond acceptors (Lipinski definition) is 2. The molecule has 0 saturated heterocycles. The van der Waals surface area contributed by atoms with Gasteiger partial charge < -0.3 is 10.4 Å². The van der Waals surface area contributed by atoms with Gasteiger partial charge in [0, 0.05) is 11.0 Å². The molecule has 0 aliphatic heterocycles. The number of aliphatic hydroxyl groups excluding tert-OH is 1. The summed E-state index contributed by atoms with van der Waals surface area (Å²) in [6.07, 6.45) is 0. The second-order valence-corrected chi connectivity index (χ2v) is 5.66. The van der Waals surface area contributed by atoms with Crippen molar-refractivity contribution in [1.29, 1.82) is 0 Å². The van der Waals surface area contributed by atoms with Gasteiger partial charge in [-0.25, -0.2) is 0 Å². The SMILES string of the molecule is OCc1ccc(CNc2ccc(Br)c(Cl)c2Cl)cc1. The highest BCUT2D eigenvalue weighted by atomic mass is 79.9. The van der Waals surface area contributed by atoms with E-state index in [-0.39, 0.29) is 6.61 Å². The lowest BCUT2D eigenvalue weighted by Gasteiger charge is -2.10. The maximum atomic E-state index is 8.98. The van der Waals surface area contributed by atoms with Gasteiger partial charge in [-0.05, 0) is 39.2 Å². The molecule has 0 aromatic heterocycles. The Hall–Kier alpha value is -0.740. The Balaban J connectivity index is 2.08. The van der Waals surface area contributed by atoms with Gasteiger partial charge >= 0.3 is 0 Å². The van der Waals surface area contributed by atoms with Gasteiger partial charge in [0.1, 0.15) is 0 Å². The van der Waals surface area contributed by atoms with Crippen molar-refractivity contribution < 1.29 is 5.11 Å². The molecule has 0 bridgehead atoms. The van der Waals surface area contributed by atoms with Crippen LogP contribution in [0, 0.1) is 0 Å². The zero-order valence-electron chi connectivity index (χ0n) is 9.96. The lowest BCUT2D eigenvalue weighted by Crippen LogP contribution is -2.00. The monoisotopic (exact) mass is 359 g/mol. The molecule has 2 rings (SSSR count). The molecule has 0 atom stereocenters. The average molecular weight is 361 g/mol. The summed E-state index contributed by atoms with van der Waals surface area (Å²) in [4.78, 5) is 0. The van der Waals surface area contributed by atoms with Crippen molar-refractivity contribution in [3.63, 3.8) is 0 Å². The van der Waals surface area contributed by atoms with E-state index < -0.39 is 0 Å². The summed E-state index contributed by atoms with van der Waals surface area (Å²) in [7, 11) is 0. The molecule has 2 aromatic carbocycles. The van der Waals surface area contributed by atoms with Crippen LogP contribution in [-0.4, -0.2) is 5.11 Å². The van der Waals surface area contributed by atoms with E-state index in [9.17, 15) is 0 Å². The summed E-state index contributed by atoms with van der Waals surface area (Å²) in [6.45, 7) is 0.700. The van der Waals surface area contributed by atoms with E-state index in [4.69, 9.17) is 28.3 Å². The van der Waals surface area contributed by atoms with Crippen LogP contribution in [0.25, 0.3) is 0 Å². The fourth-order valence-corrected chi connectivity index (χ4v) is 2.46. The molecule has 0 spiro atoms. The Morgan fingerprint density at radius 1 is 0.947 bits per heavy atom. The summed E-state index contributed by atoms with van der Waals surface area (Å²) in [5.41, 5.74) is 2.79. The van der Waals surface area contributed by atoms with Gasteiger partial charge in [0.2, 0.25) is 0 Å². The van der Waals surface area contributed by atoms with E-state index in [0.717, 1.165) is 21.3 Å². The van der Waals surface area contributed by atoms with Gasteiger partial charge in [0.15, 0.2) is 0 Å². The Morgan fingerprint density at radius 3 is 2.21 bits per heavy atom. The second kappa shape index (κ2) is 6.62. The number of rotatable bonds is 4. The first-order valence-corrected chi connectivity index (χ1v) is 7.22. The van der Waals surface area contributed by atoms with E-state index >= 15 is 0 Å². The van der Waals surface area contributed by atoms with Crippen molar-refractivity contribution in [2.24, 2.45) is 0 Å². The van der Waals surface area contributed by atoms with Crippen LogP contribution in [0.4, 0.5) is 5.69 Å². The van der Waals surface area contributed by atoms with E-state index in [0.29, 0.717) is 16.6 Å². The summed E-state index contributed by atoms with van der Waals surface area (Å²) in [6, 6.07) is 11.5. The van der Waals surface area contributed by atoms with Crippen LogP contribution in [0.15, 0.2) is 40.9 Å². The second-order valence-electron chi connectivity index (χ2n) is 4.05. The molecule has 0 saturated carbocycles. The first-order valence-electron chi connectivity index (χ1n) is 5.68. The first-order chi connectivity index (χ1) is 9.11. The van der Waals surface area contributed by atoms with E-state index in [1.54, 1.807) is 0 Å². The summed E-state index contributed by atoms with van der Waals surface area (Å²) in [5.74, 6) is 0. The van der Waals surface area contributed by atoms with Crippen molar-refractivity contribution in [3.8, 4) is 0 Å². The van der Waals surface area contributed by atoms with Crippen molar-refractivity contribution in [3.05, 3.63) is 62.0 Å². The van der Waals surface area contributed by atoms with Crippen molar-refractivity contribution in [2.75, 3.05) is 5.32 Å².